The second-order valence-electron chi connectivity index (χ2n) is 9.44. The Balaban J connectivity index is 1.32. The topological polar surface area (TPSA) is 146 Å². The number of nitrogens with zero attached hydrogens (tertiary/aromatic N) is 9. The number of rotatable bonds is 5. The molecule has 13 heteroatoms. The highest BCUT2D eigenvalue weighted by Crippen LogP contribution is 2.29. The first kappa shape index (κ1) is 24.6. The molecule has 1 saturated heterocycles. The molecule has 2 amide bonds. The van der Waals surface area contributed by atoms with E-state index in [1.165, 1.54) is 34.2 Å². The normalized spacial score (nSPS) is 20.6. The fourth-order valence-electron chi connectivity index (χ4n) is 4.65. The number of piperidine rings is 1. The fourth-order valence-corrected chi connectivity index (χ4v) is 4.65. The lowest BCUT2D eigenvalue weighted by Crippen LogP contribution is -2.52. The number of anilines is 3. The van der Waals surface area contributed by atoms with Crippen LogP contribution in [0.4, 0.5) is 17.6 Å². The van der Waals surface area contributed by atoms with E-state index in [-0.39, 0.29) is 11.6 Å². The van der Waals surface area contributed by atoms with E-state index >= 15 is 0 Å². The molecule has 0 aliphatic carbocycles. The number of hydrogen-bond acceptors (Lipinski definition) is 10. The van der Waals surface area contributed by atoms with Gasteiger partial charge in [0.15, 0.2) is 17.3 Å². The van der Waals surface area contributed by atoms with Crippen LogP contribution < -0.4 is 15.1 Å². The predicted molar refractivity (Wildman–Crippen MR) is 136 cm³/mol. The van der Waals surface area contributed by atoms with Crippen molar-refractivity contribution in [3.8, 4) is 11.4 Å². The highest BCUT2D eigenvalue weighted by Gasteiger charge is 2.38. The molecule has 3 aromatic rings. The zero-order chi connectivity index (χ0) is 26.3. The summed E-state index contributed by atoms with van der Waals surface area (Å²) in [5.41, 5.74) is 0.859. The molecule has 0 aromatic carbocycles. The van der Waals surface area contributed by atoms with E-state index in [0.717, 1.165) is 19.4 Å². The van der Waals surface area contributed by atoms with Gasteiger partial charge in [-0.25, -0.2) is 24.9 Å². The van der Waals surface area contributed by atoms with Gasteiger partial charge in [0.25, 0.3) is 5.91 Å². The fraction of sp³-hybridized carbons (Fsp3) is 0.458. The van der Waals surface area contributed by atoms with E-state index in [0.29, 0.717) is 35.0 Å². The third-order valence-corrected chi connectivity index (χ3v) is 6.98. The number of imidazole rings is 1. The summed E-state index contributed by atoms with van der Waals surface area (Å²) < 4.78 is 1.49. The monoisotopic (exact) mass is 506 g/mol. The molecule has 13 nitrogen and oxygen atoms in total. The Bertz CT molecular complexity index is 1310. The smallest absolute Gasteiger partial charge is 0.277 e. The summed E-state index contributed by atoms with van der Waals surface area (Å²) in [5.74, 6) is 0.874. The van der Waals surface area contributed by atoms with Gasteiger partial charge in [-0.2, -0.15) is 0 Å². The molecule has 2 aliphatic heterocycles. The molecule has 0 spiro atoms. The summed E-state index contributed by atoms with van der Waals surface area (Å²) >= 11 is 0. The summed E-state index contributed by atoms with van der Waals surface area (Å²) in [7, 11) is 3.11. The van der Waals surface area contributed by atoms with Gasteiger partial charge in [0, 0.05) is 45.3 Å². The summed E-state index contributed by atoms with van der Waals surface area (Å²) in [4.78, 5) is 52.8. The van der Waals surface area contributed by atoms with Crippen LogP contribution in [0.2, 0.25) is 0 Å². The Labute approximate surface area is 214 Å². The first-order chi connectivity index (χ1) is 17.8. The van der Waals surface area contributed by atoms with Crippen LogP contribution in [0.5, 0.6) is 0 Å². The van der Waals surface area contributed by atoms with Gasteiger partial charge in [0.1, 0.15) is 11.9 Å². The summed E-state index contributed by atoms with van der Waals surface area (Å²) in [6.45, 7) is 4.78. The number of carbonyl (C=O) groups is 2. The van der Waals surface area contributed by atoms with Gasteiger partial charge in [-0.05, 0) is 39.2 Å². The van der Waals surface area contributed by atoms with Crippen LogP contribution >= 0.6 is 0 Å². The van der Waals surface area contributed by atoms with Crippen molar-refractivity contribution < 1.29 is 14.7 Å². The molecular formula is C24H30N10O3. The van der Waals surface area contributed by atoms with Gasteiger partial charge in [-0.3, -0.25) is 14.5 Å². The number of aliphatic hydroxyl groups excluding tert-OH is 1. The molecule has 1 fully saturated rings. The second-order valence-corrected chi connectivity index (χ2v) is 9.44. The van der Waals surface area contributed by atoms with Gasteiger partial charge < -0.3 is 24.8 Å². The third kappa shape index (κ3) is 4.46. The molecule has 3 aromatic heterocycles. The summed E-state index contributed by atoms with van der Waals surface area (Å²) in [6, 6.07) is 1.22. The van der Waals surface area contributed by atoms with Crippen molar-refractivity contribution >= 4 is 29.4 Å². The molecule has 0 saturated carbocycles. The molecule has 5 rings (SSSR count). The van der Waals surface area contributed by atoms with Crippen LogP contribution in [0.3, 0.4) is 0 Å². The number of amides is 2. The lowest BCUT2D eigenvalue weighted by molar-refractivity contribution is -0.118. The minimum atomic E-state index is -1.13. The van der Waals surface area contributed by atoms with E-state index in [2.05, 4.69) is 42.1 Å². The SMILES string of the molecule is CC(C(=O)Nc1ccnc(-c2cnc(N3CCCC[C@@H]3C)nc2)n1)n1cnc2c1C(=O)N(C)C(O)N2C. The molecule has 0 radical (unpaired) electrons. The van der Waals surface area contributed by atoms with Crippen molar-refractivity contribution in [3.63, 3.8) is 0 Å². The Morgan fingerprint density at radius 1 is 1.14 bits per heavy atom. The Morgan fingerprint density at radius 2 is 1.89 bits per heavy atom. The van der Waals surface area contributed by atoms with Gasteiger partial charge in [0.2, 0.25) is 18.2 Å². The van der Waals surface area contributed by atoms with Crippen molar-refractivity contribution in [1.82, 2.24) is 34.4 Å². The van der Waals surface area contributed by atoms with Crippen molar-refractivity contribution in [2.75, 3.05) is 35.8 Å². The van der Waals surface area contributed by atoms with E-state index in [1.54, 1.807) is 38.6 Å². The standard InChI is InChI=1S/C24H30N10O3/c1-14-7-5-6-10-33(14)23-26-11-16(12-27-23)19-25-9-8-17(29-19)30-21(35)15(2)34-13-28-20-18(34)22(36)32(4)24(37)31(20)3/h8-9,11-15,24,37H,5-7,10H2,1-4H3,(H,25,29,30,35)/t14-,15?,24?/m0/s1. The first-order valence-corrected chi connectivity index (χ1v) is 12.2. The quantitative estimate of drug-likeness (QED) is 0.522. The molecule has 0 bridgehead atoms. The van der Waals surface area contributed by atoms with Crippen molar-refractivity contribution in [3.05, 3.63) is 36.7 Å². The van der Waals surface area contributed by atoms with Crippen LogP contribution in [0.25, 0.3) is 11.4 Å². The number of aliphatic hydroxyl groups is 1. The van der Waals surface area contributed by atoms with Crippen LogP contribution in [0, 0.1) is 0 Å². The average Bonchev–Trinajstić information content (AvgIpc) is 3.36. The third-order valence-electron chi connectivity index (χ3n) is 6.98. The van der Waals surface area contributed by atoms with Gasteiger partial charge in [0.05, 0.1) is 11.9 Å². The van der Waals surface area contributed by atoms with Crippen LogP contribution in [-0.2, 0) is 4.79 Å². The van der Waals surface area contributed by atoms with Crippen molar-refractivity contribution in [2.24, 2.45) is 0 Å². The van der Waals surface area contributed by atoms with Gasteiger partial charge >= 0.3 is 0 Å². The lowest BCUT2D eigenvalue weighted by atomic mass is 10.0. The maximum absolute atomic E-state index is 13.1. The first-order valence-electron chi connectivity index (χ1n) is 12.2. The maximum Gasteiger partial charge on any atom is 0.277 e. The number of hydrogen-bond donors (Lipinski definition) is 2. The number of nitrogens with one attached hydrogen (secondary N) is 1. The molecule has 37 heavy (non-hydrogen) atoms. The molecule has 2 unspecified atom stereocenters. The van der Waals surface area contributed by atoms with E-state index in [9.17, 15) is 14.7 Å². The predicted octanol–water partition coefficient (Wildman–Crippen LogP) is 1.51. The maximum atomic E-state index is 13.1. The van der Waals surface area contributed by atoms with Crippen molar-refractivity contribution in [2.45, 2.75) is 51.5 Å². The Hall–Kier alpha value is -4.13. The van der Waals surface area contributed by atoms with E-state index in [4.69, 9.17) is 0 Å². The van der Waals surface area contributed by atoms with Crippen LogP contribution in [0.15, 0.2) is 31.0 Å². The lowest BCUT2D eigenvalue weighted by Gasteiger charge is -2.36. The molecule has 5 heterocycles. The molecule has 3 atom stereocenters. The minimum absolute atomic E-state index is 0.224. The highest BCUT2D eigenvalue weighted by molar-refractivity contribution is 6.00. The average molecular weight is 507 g/mol. The molecule has 2 N–H and O–H groups in total. The molecule has 194 valence electrons. The summed E-state index contributed by atoms with van der Waals surface area (Å²) in [5, 5.41) is 13.0. The molecular weight excluding hydrogens is 476 g/mol. The van der Waals surface area contributed by atoms with Crippen LogP contribution in [-0.4, -0.2) is 84.3 Å². The minimum Gasteiger partial charge on any atom is -0.356 e. The number of fused-ring (bicyclic) bond motifs is 1. The number of aromatic nitrogens is 6. The highest BCUT2D eigenvalue weighted by atomic mass is 16.3. The second kappa shape index (κ2) is 9.73. The Kier molecular flexibility index (Phi) is 6.46. The van der Waals surface area contributed by atoms with Crippen molar-refractivity contribution in [1.29, 1.82) is 0 Å². The van der Waals surface area contributed by atoms with Gasteiger partial charge in [-0.15, -0.1) is 0 Å². The van der Waals surface area contributed by atoms with E-state index < -0.39 is 18.3 Å². The molecule has 2 aliphatic rings. The van der Waals surface area contributed by atoms with E-state index in [1.807, 2.05) is 0 Å². The zero-order valence-corrected chi connectivity index (χ0v) is 21.2. The largest absolute Gasteiger partial charge is 0.356 e. The van der Waals surface area contributed by atoms with Crippen LogP contribution in [0.1, 0.15) is 49.6 Å². The number of carbonyl (C=O) groups excluding carboxylic acids is 2. The summed E-state index contributed by atoms with van der Waals surface area (Å²) in [6.07, 6.45) is 8.70. The Morgan fingerprint density at radius 3 is 2.62 bits per heavy atom. The zero-order valence-electron chi connectivity index (χ0n) is 21.2. The van der Waals surface area contributed by atoms with Gasteiger partial charge in [-0.1, -0.05) is 0 Å².